The molecule has 3 heterocycles. The van der Waals surface area contributed by atoms with E-state index in [1.807, 2.05) is 18.2 Å². The summed E-state index contributed by atoms with van der Waals surface area (Å²) in [5.74, 6) is 2.35. The molecule has 4 rings (SSSR count). The highest BCUT2D eigenvalue weighted by molar-refractivity contribution is 5.79. The van der Waals surface area contributed by atoms with Crippen molar-refractivity contribution < 1.29 is 4.79 Å². The van der Waals surface area contributed by atoms with E-state index in [0.29, 0.717) is 11.9 Å². The van der Waals surface area contributed by atoms with E-state index >= 15 is 0 Å². The average Bonchev–Trinajstić information content (AvgIpc) is 2.99. The van der Waals surface area contributed by atoms with Crippen LogP contribution in [0.1, 0.15) is 32.5 Å². The SMILES string of the molecule is CC(C)N1CCCC(C(=O)N2CCc3nnc(-c4ccccc4)n3CC2)C1. The zero-order chi connectivity index (χ0) is 18.8. The van der Waals surface area contributed by atoms with E-state index in [1.165, 1.54) is 0 Å². The first-order chi connectivity index (χ1) is 13.1. The Morgan fingerprint density at radius 1 is 1.07 bits per heavy atom. The Balaban J connectivity index is 1.46. The number of fused-ring (bicyclic) bond motifs is 1. The molecule has 0 bridgehead atoms. The quantitative estimate of drug-likeness (QED) is 0.836. The van der Waals surface area contributed by atoms with E-state index in [-0.39, 0.29) is 5.92 Å². The van der Waals surface area contributed by atoms with Crippen LogP contribution in [-0.4, -0.2) is 62.7 Å². The molecule has 1 aromatic heterocycles. The predicted molar refractivity (Wildman–Crippen MR) is 105 cm³/mol. The molecule has 1 aromatic carbocycles. The Labute approximate surface area is 161 Å². The normalized spacial score (nSPS) is 21.1. The molecule has 2 aliphatic heterocycles. The fourth-order valence-electron chi connectivity index (χ4n) is 4.28. The number of amides is 1. The number of likely N-dealkylation sites (tertiary alicyclic amines) is 1. The first kappa shape index (κ1) is 18.2. The molecule has 1 saturated heterocycles. The zero-order valence-electron chi connectivity index (χ0n) is 16.3. The molecule has 0 spiro atoms. The van der Waals surface area contributed by atoms with Gasteiger partial charge in [0.1, 0.15) is 5.82 Å². The lowest BCUT2D eigenvalue weighted by Gasteiger charge is -2.36. The molecule has 6 nitrogen and oxygen atoms in total. The highest BCUT2D eigenvalue weighted by atomic mass is 16.2. The van der Waals surface area contributed by atoms with Gasteiger partial charge in [-0.15, -0.1) is 10.2 Å². The van der Waals surface area contributed by atoms with Crippen LogP contribution in [0.5, 0.6) is 0 Å². The van der Waals surface area contributed by atoms with Gasteiger partial charge in [-0.3, -0.25) is 4.79 Å². The van der Waals surface area contributed by atoms with E-state index < -0.39 is 0 Å². The lowest BCUT2D eigenvalue weighted by Crippen LogP contribution is -2.47. The van der Waals surface area contributed by atoms with E-state index in [1.54, 1.807) is 0 Å². The maximum absolute atomic E-state index is 13.2. The Morgan fingerprint density at radius 3 is 2.67 bits per heavy atom. The number of aromatic nitrogens is 3. The smallest absolute Gasteiger partial charge is 0.227 e. The molecule has 144 valence electrons. The number of hydrogen-bond acceptors (Lipinski definition) is 4. The van der Waals surface area contributed by atoms with Crippen molar-refractivity contribution in [2.24, 2.45) is 5.92 Å². The molecular formula is C21H29N5O. The van der Waals surface area contributed by atoms with Crippen molar-refractivity contribution in [3.8, 4) is 11.4 Å². The largest absolute Gasteiger partial charge is 0.340 e. The van der Waals surface area contributed by atoms with Crippen LogP contribution >= 0.6 is 0 Å². The minimum absolute atomic E-state index is 0.137. The molecule has 2 aliphatic rings. The summed E-state index contributed by atoms with van der Waals surface area (Å²) in [4.78, 5) is 17.6. The molecule has 1 atom stereocenters. The zero-order valence-corrected chi connectivity index (χ0v) is 16.3. The highest BCUT2D eigenvalue weighted by Crippen LogP contribution is 2.23. The first-order valence-corrected chi connectivity index (χ1v) is 10.1. The molecule has 0 aliphatic carbocycles. The van der Waals surface area contributed by atoms with E-state index in [0.717, 1.165) is 69.2 Å². The summed E-state index contributed by atoms with van der Waals surface area (Å²) in [5.41, 5.74) is 1.08. The van der Waals surface area contributed by atoms with Gasteiger partial charge < -0.3 is 14.4 Å². The summed E-state index contributed by atoms with van der Waals surface area (Å²) in [6.45, 7) is 8.69. The molecule has 1 unspecified atom stereocenters. The van der Waals surface area contributed by atoms with Gasteiger partial charge in [0.05, 0.1) is 5.92 Å². The van der Waals surface area contributed by atoms with Crippen molar-refractivity contribution >= 4 is 5.91 Å². The van der Waals surface area contributed by atoms with Crippen LogP contribution in [0, 0.1) is 5.92 Å². The Kier molecular flexibility index (Phi) is 5.25. The molecule has 1 amide bonds. The lowest BCUT2D eigenvalue weighted by molar-refractivity contribution is -0.137. The number of piperidine rings is 1. The lowest BCUT2D eigenvalue weighted by atomic mass is 9.95. The minimum Gasteiger partial charge on any atom is -0.340 e. The maximum atomic E-state index is 13.2. The molecule has 0 radical (unpaired) electrons. The summed E-state index contributed by atoms with van der Waals surface area (Å²) in [6, 6.07) is 10.7. The van der Waals surface area contributed by atoms with Gasteiger partial charge in [0.25, 0.3) is 0 Å². The van der Waals surface area contributed by atoms with E-state index in [4.69, 9.17) is 0 Å². The fraction of sp³-hybridized carbons (Fsp3) is 0.571. The van der Waals surface area contributed by atoms with Gasteiger partial charge in [0.2, 0.25) is 5.91 Å². The van der Waals surface area contributed by atoms with Crippen molar-refractivity contribution in [1.82, 2.24) is 24.6 Å². The van der Waals surface area contributed by atoms with Crippen LogP contribution in [-0.2, 0) is 17.8 Å². The van der Waals surface area contributed by atoms with Gasteiger partial charge in [0.15, 0.2) is 5.82 Å². The van der Waals surface area contributed by atoms with Crippen molar-refractivity contribution in [2.75, 3.05) is 26.2 Å². The van der Waals surface area contributed by atoms with Crippen LogP contribution in [0.2, 0.25) is 0 Å². The number of carbonyl (C=O) groups is 1. The van der Waals surface area contributed by atoms with Gasteiger partial charge in [-0.2, -0.15) is 0 Å². The van der Waals surface area contributed by atoms with E-state index in [9.17, 15) is 4.79 Å². The second-order valence-corrected chi connectivity index (χ2v) is 7.96. The average molecular weight is 367 g/mol. The number of rotatable bonds is 3. The van der Waals surface area contributed by atoms with E-state index in [2.05, 4.69) is 50.5 Å². The molecule has 6 heteroatoms. The van der Waals surface area contributed by atoms with Crippen LogP contribution in [0.4, 0.5) is 0 Å². The molecule has 0 N–H and O–H groups in total. The molecule has 2 aromatic rings. The third-order valence-corrected chi connectivity index (χ3v) is 5.90. The Bertz CT molecular complexity index is 785. The topological polar surface area (TPSA) is 54.3 Å². The van der Waals surface area contributed by atoms with Crippen LogP contribution in [0.15, 0.2) is 30.3 Å². The number of carbonyl (C=O) groups excluding carboxylic acids is 1. The Hall–Kier alpha value is -2.21. The third-order valence-electron chi connectivity index (χ3n) is 5.90. The van der Waals surface area contributed by atoms with Gasteiger partial charge in [0, 0.05) is 44.2 Å². The molecule has 1 fully saturated rings. The monoisotopic (exact) mass is 367 g/mol. The van der Waals surface area contributed by atoms with Crippen LogP contribution in [0.25, 0.3) is 11.4 Å². The van der Waals surface area contributed by atoms with Gasteiger partial charge >= 0.3 is 0 Å². The first-order valence-electron chi connectivity index (χ1n) is 10.1. The van der Waals surface area contributed by atoms with Gasteiger partial charge in [-0.1, -0.05) is 30.3 Å². The van der Waals surface area contributed by atoms with Gasteiger partial charge in [-0.05, 0) is 33.2 Å². The van der Waals surface area contributed by atoms with Crippen molar-refractivity contribution in [2.45, 2.75) is 45.7 Å². The minimum atomic E-state index is 0.137. The standard InChI is InChI=1S/C21H29N5O/c1-16(2)25-11-6-9-18(15-25)21(27)24-12-10-19-22-23-20(26(19)14-13-24)17-7-4-3-5-8-17/h3-5,7-8,16,18H,6,9-15H2,1-2H3. The number of nitrogens with zero attached hydrogens (tertiary/aromatic N) is 5. The Morgan fingerprint density at radius 2 is 1.89 bits per heavy atom. The third kappa shape index (κ3) is 3.76. The summed E-state index contributed by atoms with van der Waals surface area (Å²) in [6.07, 6.45) is 2.90. The second kappa shape index (κ2) is 7.80. The van der Waals surface area contributed by atoms with Crippen LogP contribution < -0.4 is 0 Å². The molecule has 27 heavy (non-hydrogen) atoms. The van der Waals surface area contributed by atoms with Crippen molar-refractivity contribution in [3.05, 3.63) is 36.2 Å². The van der Waals surface area contributed by atoms with Crippen molar-refractivity contribution in [1.29, 1.82) is 0 Å². The summed E-state index contributed by atoms with van der Waals surface area (Å²) < 4.78 is 2.18. The molecular weight excluding hydrogens is 338 g/mol. The highest BCUT2D eigenvalue weighted by Gasteiger charge is 2.31. The summed E-state index contributed by atoms with van der Waals surface area (Å²) in [7, 11) is 0. The summed E-state index contributed by atoms with van der Waals surface area (Å²) in [5, 5.41) is 8.80. The fourth-order valence-corrected chi connectivity index (χ4v) is 4.28. The van der Waals surface area contributed by atoms with Gasteiger partial charge in [-0.25, -0.2) is 0 Å². The molecule has 0 saturated carbocycles. The van der Waals surface area contributed by atoms with Crippen molar-refractivity contribution in [3.63, 3.8) is 0 Å². The number of hydrogen-bond donors (Lipinski definition) is 0. The maximum Gasteiger partial charge on any atom is 0.227 e. The summed E-state index contributed by atoms with van der Waals surface area (Å²) >= 11 is 0. The number of benzene rings is 1. The second-order valence-electron chi connectivity index (χ2n) is 7.96. The predicted octanol–water partition coefficient (Wildman–Crippen LogP) is 2.45. The van der Waals surface area contributed by atoms with Crippen LogP contribution in [0.3, 0.4) is 0 Å².